The van der Waals surface area contributed by atoms with Gasteiger partial charge in [0.2, 0.25) is 0 Å². The number of hydrogen-bond acceptors (Lipinski definition) is 5. The Balaban J connectivity index is 2.00. The summed E-state index contributed by atoms with van der Waals surface area (Å²) in [5.41, 5.74) is 7.85. The van der Waals surface area contributed by atoms with Gasteiger partial charge in [-0.15, -0.1) is 0 Å². The fraction of sp³-hybridized carbons (Fsp3) is 0.286. The highest BCUT2D eigenvalue weighted by molar-refractivity contribution is 7.98. The van der Waals surface area contributed by atoms with Gasteiger partial charge in [-0.1, -0.05) is 18.2 Å². The molecule has 0 saturated carbocycles. The van der Waals surface area contributed by atoms with Gasteiger partial charge in [-0.05, 0) is 12.1 Å². The Kier molecular flexibility index (Phi) is 4.63. The van der Waals surface area contributed by atoms with E-state index in [0.717, 1.165) is 28.0 Å². The molecule has 0 aliphatic rings. The minimum atomic E-state index is -0.183. The lowest BCUT2D eigenvalue weighted by molar-refractivity contribution is -0.140. The van der Waals surface area contributed by atoms with Crippen LogP contribution in [0.15, 0.2) is 30.3 Å². The second-order valence-corrected chi connectivity index (χ2v) is 5.21. The minimum absolute atomic E-state index is 0.183. The van der Waals surface area contributed by atoms with E-state index >= 15 is 0 Å². The molecule has 19 heavy (non-hydrogen) atoms. The zero-order valence-corrected chi connectivity index (χ0v) is 11.6. The number of ether oxygens (including phenoxy) is 1. The molecule has 0 unspecified atom stereocenters. The Hall–Kier alpha value is -1.75. The van der Waals surface area contributed by atoms with Gasteiger partial charge >= 0.3 is 5.97 Å². The highest BCUT2D eigenvalue weighted by Gasteiger charge is 2.05. The lowest BCUT2D eigenvalue weighted by Gasteiger charge is -2.07. The Labute approximate surface area is 116 Å². The lowest BCUT2D eigenvalue weighted by Crippen LogP contribution is -2.02. The molecular weight excluding hydrogens is 260 g/mol. The van der Waals surface area contributed by atoms with Gasteiger partial charge < -0.3 is 10.5 Å². The van der Waals surface area contributed by atoms with Crippen molar-refractivity contribution in [2.45, 2.75) is 12.2 Å². The third-order valence-electron chi connectivity index (χ3n) is 2.77. The molecule has 0 fully saturated rings. The van der Waals surface area contributed by atoms with Crippen molar-refractivity contribution in [2.24, 2.45) is 0 Å². The maximum atomic E-state index is 11.0. The molecule has 0 saturated heterocycles. The van der Waals surface area contributed by atoms with Crippen LogP contribution in [0.2, 0.25) is 0 Å². The molecule has 0 bridgehead atoms. The molecule has 100 valence electrons. The maximum Gasteiger partial charge on any atom is 0.306 e. The SMILES string of the molecule is COC(=O)CCSCc1cc2ccccc2nc1N. The van der Waals surface area contributed by atoms with Crippen molar-refractivity contribution in [1.29, 1.82) is 0 Å². The topological polar surface area (TPSA) is 65.2 Å². The monoisotopic (exact) mass is 276 g/mol. The van der Waals surface area contributed by atoms with Gasteiger partial charge in [-0.25, -0.2) is 4.98 Å². The number of anilines is 1. The van der Waals surface area contributed by atoms with Crippen molar-refractivity contribution in [2.75, 3.05) is 18.6 Å². The molecule has 0 amide bonds. The van der Waals surface area contributed by atoms with Crippen LogP contribution in [-0.4, -0.2) is 23.8 Å². The number of para-hydroxylation sites is 1. The summed E-state index contributed by atoms with van der Waals surface area (Å²) in [7, 11) is 1.40. The molecule has 0 spiro atoms. The largest absolute Gasteiger partial charge is 0.469 e. The fourth-order valence-corrected chi connectivity index (χ4v) is 2.64. The number of fused-ring (bicyclic) bond motifs is 1. The molecular formula is C14H16N2O2S. The van der Waals surface area contributed by atoms with Crippen LogP contribution >= 0.6 is 11.8 Å². The standard InChI is InChI=1S/C14H16N2O2S/c1-18-13(17)6-7-19-9-11-8-10-4-2-3-5-12(10)16-14(11)15/h2-5,8H,6-7,9H2,1H3,(H2,15,16). The van der Waals surface area contributed by atoms with Gasteiger partial charge in [-0.3, -0.25) is 4.79 Å². The first kappa shape index (κ1) is 13.7. The molecule has 2 aromatic rings. The smallest absolute Gasteiger partial charge is 0.306 e. The Morgan fingerprint density at radius 2 is 2.21 bits per heavy atom. The Morgan fingerprint density at radius 1 is 1.42 bits per heavy atom. The third-order valence-corrected chi connectivity index (χ3v) is 3.78. The average molecular weight is 276 g/mol. The van der Waals surface area contributed by atoms with Gasteiger partial charge in [0, 0.05) is 22.5 Å². The number of hydrogen-bond donors (Lipinski definition) is 1. The van der Waals surface area contributed by atoms with Crippen molar-refractivity contribution >= 4 is 34.5 Å². The molecule has 0 atom stereocenters. The van der Waals surface area contributed by atoms with Crippen LogP contribution in [0, 0.1) is 0 Å². The molecule has 1 aromatic carbocycles. The quantitative estimate of drug-likeness (QED) is 0.671. The first-order valence-electron chi connectivity index (χ1n) is 5.99. The number of methoxy groups -OCH3 is 1. The van der Waals surface area contributed by atoms with Crippen molar-refractivity contribution in [1.82, 2.24) is 4.98 Å². The van der Waals surface area contributed by atoms with Gasteiger partial charge in [-0.2, -0.15) is 11.8 Å². The van der Waals surface area contributed by atoms with Crippen LogP contribution in [0.1, 0.15) is 12.0 Å². The maximum absolute atomic E-state index is 11.0. The van der Waals surface area contributed by atoms with E-state index in [1.807, 2.05) is 24.3 Å². The Morgan fingerprint density at radius 3 is 3.00 bits per heavy atom. The van der Waals surface area contributed by atoms with Crippen molar-refractivity contribution < 1.29 is 9.53 Å². The molecule has 2 rings (SSSR count). The van der Waals surface area contributed by atoms with E-state index in [2.05, 4.69) is 15.8 Å². The molecule has 0 aliphatic heterocycles. The number of thioether (sulfide) groups is 1. The molecule has 4 nitrogen and oxygen atoms in total. The number of nitrogens with zero attached hydrogens (tertiary/aromatic N) is 1. The number of aromatic nitrogens is 1. The van der Waals surface area contributed by atoms with Crippen LogP contribution in [0.5, 0.6) is 0 Å². The van der Waals surface area contributed by atoms with Crippen LogP contribution in [0.4, 0.5) is 5.82 Å². The molecule has 5 heteroatoms. The van der Waals surface area contributed by atoms with E-state index in [1.165, 1.54) is 7.11 Å². The zero-order valence-electron chi connectivity index (χ0n) is 10.8. The molecule has 1 aromatic heterocycles. The minimum Gasteiger partial charge on any atom is -0.469 e. The van der Waals surface area contributed by atoms with E-state index in [0.29, 0.717) is 12.2 Å². The number of nitrogens with two attached hydrogens (primary N) is 1. The normalized spacial score (nSPS) is 10.6. The van der Waals surface area contributed by atoms with E-state index in [-0.39, 0.29) is 5.97 Å². The number of pyridine rings is 1. The van der Waals surface area contributed by atoms with E-state index < -0.39 is 0 Å². The molecule has 0 radical (unpaired) electrons. The summed E-state index contributed by atoms with van der Waals surface area (Å²) in [6.07, 6.45) is 0.419. The number of carbonyl (C=O) groups is 1. The highest BCUT2D eigenvalue weighted by atomic mass is 32.2. The van der Waals surface area contributed by atoms with E-state index in [1.54, 1.807) is 11.8 Å². The summed E-state index contributed by atoms with van der Waals surface area (Å²) >= 11 is 1.65. The number of nitrogen functional groups attached to an aromatic ring is 1. The summed E-state index contributed by atoms with van der Waals surface area (Å²) in [6.45, 7) is 0. The first-order chi connectivity index (χ1) is 9.20. The van der Waals surface area contributed by atoms with Crippen LogP contribution in [0.3, 0.4) is 0 Å². The summed E-state index contributed by atoms with van der Waals surface area (Å²) in [4.78, 5) is 15.4. The van der Waals surface area contributed by atoms with E-state index in [9.17, 15) is 4.79 Å². The predicted octanol–water partition coefficient (Wildman–Crippen LogP) is 2.61. The first-order valence-corrected chi connectivity index (χ1v) is 7.15. The molecule has 2 N–H and O–H groups in total. The number of esters is 1. The van der Waals surface area contributed by atoms with Crippen LogP contribution in [0.25, 0.3) is 10.9 Å². The van der Waals surface area contributed by atoms with Crippen molar-refractivity contribution in [3.8, 4) is 0 Å². The summed E-state index contributed by atoms with van der Waals surface area (Å²) in [5, 5.41) is 1.08. The van der Waals surface area contributed by atoms with Gasteiger partial charge in [0.05, 0.1) is 19.0 Å². The molecule has 1 heterocycles. The zero-order chi connectivity index (χ0) is 13.7. The van der Waals surface area contributed by atoms with E-state index in [4.69, 9.17) is 5.73 Å². The number of carbonyl (C=O) groups excluding carboxylic acids is 1. The van der Waals surface area contributed by atoms with Crippen LogP contribution < -0.4 is 5.73 Å². The summed E-state index contributed by atoms with van der Waals surface area (Å²) in [5.74, 6) is 1.85. The number of benzene rings is 1. The van der Waals surface area contributed by atoms with Gasteiger partial charge in [0.1, 0.15) is 5.82 Å². The average Bonchev–Trinajstić information content (AvgIpc) is 2.43. The summed E-state index contributed by atoms with van der Waals surface area (Å²) < 4.78 is 4.59. The predicted molar refractivity (Wildman–Crippen MR) is 79.0 cm³/mol. The second-order valence-electron chi connectivity index (χ2n) is 4.10. The van der Waals surface area contributed by atoms with Crippen molar-refractivity contribution in [3.05, 3.63) is 35.9 Å². The van der Waals surface area contributed by atoms with Gasteiger partial charge in [0.25, 0.3) is 0 Å². The van der Waals surface area contributed by atoms with Crippen molar-refractivity contribution in [3.63, 3.8) is 0 Å². The number of rotatable bonds is 5. The fourth-order valence-electron chi connectivity index (χ4n) is 1.73. The highest BCUT2D eigenvalue weighted by Crippen LogP contribution is 2.22. The third kappa shape index (κ3) is 3.61. The lowest BCUT2D eigenvalue weighted by atomic mass is 10.1. The summed E-state index contributed by atoms with van der Waals surface area (Å²) in [6, 6.07) is 9.95. The van der Waals surface area contributed by atoms with Gasteiger partial charge in [0.15, 0.2) is 0 Å². The molecule has 0 aliphatic carbocycles. The second kappa shape index (κ2) is 6.43. The van der Waals surface area contributed by atoms with Crippen LogP contribution in [-0.2, 0) is 15.3 Å². The Bertz CT molecular complexity index is 587.